The maximum atomic E-state index is 12.7. The van der Waals surface area contributed by atoms with Crippen molar-refractivity contribution in [3.8, 4) is 11.4 Å². The Balaban J connectivity index is 1.38. The number of hydrogen-bond donors (Lipinski definition) is 1. The van der Waals surface area contributed by atoms with E-state index in [4.69, 9.17) is 4.74 Å². The third-order valence-corrected chi connectivity index (χ3v) is 4.56. The van der Waals surface area contributed by atoms with Crippen molar-refractivity contribution < 1.29 is 9.53 Å². The van der Waals surface area contributed by atoms with Gasteiger partial charge in [0, 0.05) is 24.6 Å². The van der Waals surface area contributed by atoms with E-state index in [1.807, 2.05) is 83.6 Å². The molecule has 1 N–H and O–H groups in total. The summed E-state index contributed by atoms with van der Waals surface area (Å²) in [7, 11) is 0. The molecule has 5 nitrogen and oxygen atoms in total. The topological polar surface area (TPSA) is 56.2 Å². The van der Waals surface area contributed by atoms with Gasteiger partial charge < -0.3 is 14.6 Å². The Morgan fingerprint density at radius 2 is 1.66 bits per heavy atom. The fourth-order valence-corrected chi connectivity index (χ4v) is 2.99. The number of nitrogens with zero attached hydrogens (tertiary/aromatic N) is 2. The molecule has 4 aromatic rings. The number of benzene rings is 3. The number of carbonyl (C=O) groups is 1. The van der Waals surface area contributed by atoms with E-state index >= 15 is 0 Å². The predicted octanol–water partition coefficient (Wildman–Crippen LogP) is 4.38. The van der Waals surface area contributed by atoms with Crippen molar-refractivity contribution in [2.75, 3.05) is 0 Å². The molecule has 4 rings (SSSR count). The van der Waals surface area contributed by atoms with E-state index in [9.17, 15) is 4.79 Å². The van der Waals surface area contributed by atoms with Gasteiger partial charge in [0.25, 0.3) is 5.91 Å². The van der Waals surface area contributed by atoms with Gasteiger partial charge >= 0.3 is 0 Å². The highest BCUT2D eigenvalue weighted by Gasteiger charge is 2.12. The Morgan fingerprint density at radius 1 is 0.897 bits per heavy atom. The van der Waals surface area contributed by atoms with Gasteiger partial charge in [0.15, 0.2) is 0 Å². The number of imidazole rings is 1. The third kappa shape index (κ3) is 4.71. The number of para-hydroxylation sites is 1. The molecule has 0 aliphatic heterocycles. The van der Waals surface area contributed by atoms with E-state index in [1.165, 1.54) is 0 Å². The van der Waals surface area contributed by atoms with Crippen molar-refractivity contribution in [3.05, 3.63) is 114 Å². The maximum Gasteiger partial charge on any atom is 0.255 e. The van der Waals surface area contributed by atoms with E-state index in [-0.39, 0.29) is 5.91 Å². The Bertz CT molecular complexity index is 1060. The molecule has 0 bridgehead atoms. The first kappa shape index (κ1) is 18.5. The molecule has 0 atom stereocenters. The minimum absolute atomic E-state index is 0.160. The molecular formula is C24H21N3O2. The van der Waals surface area contributed by atoms with Crippen LogP contribution in [0.5, 0.6) is 5.75 Å². The average molecular weight is 383 g/mol. The first-order valence-corrected chi connectivity index (χ1v) is 9.41. The van der Waals surface area contributed by atoms with E-state index in [2.05, 4.69) is 10.3 Å². The van der Waals surface area contributed by atoms with Crippen molar-refractivity contribution in [1.82, 2.24) is 14.9 Å². The highest BCUT2D eigenvalue weighted by Crippen LogP contribution is 2.19. The van der Waals surface area contributed by atoms with E-state index in [1.54, 1.807) is 18.6 Å². The summed E-state index contributed by atoms with van der Waals surface area (Å²) in [6, 6.07) is 25.2. The molecule has 1 aromatic heterocycles. The smallest absolute Gasteiger partial charge is 0.255 e. The van der Waals surface area contributed by atoms with Gasteiger partial charge in [-0.1, -0.05) is 54.6 Å². The second-order valence-electron chi connectivity index (χ2n) is 6.59. The minimum Gasteiger partial charge on any atom is -0.488 e. The van der Waals surface area contributed by atoms with Crippen molar-refractivity contribution in [3.63, 3.8) is 0 Å². The lowest BCUT2D eigenvalue weighted by Gasteiger charge is -2.12. The standard InChI is InChI=1S/C24H21N3O2/c28-24(26-16-19-10-12-21(13-11-19)27-15-14-25-18-27)22-8-4-5-9-23(22)29-17-20-6-2-1-3-7-20/h1-15,18H,16-17H2,(H,26,28). The van der Waals surface area contributed by atoms with Crippen LogP contribution < -0.4 is 10.1 Å². The number of aromatic nitrogens is 2. The molecule has 0 aliphatic rings. The van der Waals surface area contributed by atoms with E-state index in [0.717, 1.165) is 16.8 Å². The number of ether oxygens (including phenoxy) is 1. The lowest BCUT2D eigenvalue weighted by molar-refractivity contribution is 0.0946. The van der Waals surface area contributed by atoms with Gasteiger partial charge in [0.1, 0.15) is 12.4 Å². The van der Waals surface area contributed by atoms with Crippen LogP contribution in [0.2, 0.25) is 0 Å². The number of nitrogens with one attached hydrogen (secondary N) is 1. The molecule has 0 fully saturated rings. The zero-order chi connectivity index (χ0) is 19.9. The lowest BCUT2D eigenvalue weighted by atomic mass is 10.1. The summed E-state index contributed by atoms with van der Waals surface area (Å²) in [4.78, 5) is 16.8. The third-order valence-electron chi connectivity index (χ3n) is 4.56. The van der Waals surface area contributed by atoms with Crippen LogP contribution in [0.15, 0.2) is 97.6 Å². The minimum atomic E-state index is -0.160. The Kier molecular flexibility index (Phi) is 5.67. The van der Waals surface area contributed by atoms with E-state index in [0.29, 0.717) is 24.5 Å². The molecule has 144 valence electrons. The quantitative estimate of drug-likeness (QED) is 0.515. The zero-order valence-corrected chi connectivity index (χ0v) is 15.9. The molecule has 5 heteroatoms. The second-order valence-corrected chi connectivity index (χ2v) is 6.59. The summed E-state index contributed by atoms with van der Waals surface area (Å²) in [6.07, 6.45) is 5.39. The molecule has 1 amide bonds. The monoisotopic (exact) mass is 383 g/mol. The van der Waals surface area contributed by atoms with Crippen molar-refractivity contribution in [1.29, 1.82) is 0 Å². The van der Waals surface area contributed by atoms with Crippen LogP contribution in [0.3, 0.4) is 0 Å². The van der Waals surface area contributed by atoms with Crippen molar-refractivity contribution in [2.45, 2.75) is 13.2 Å². The number of amides is 1. The SMILES string of the molecule is O=C(NCc1ccc(-n2ccnc2)cc1)c1ccccc1OCc1ccccc1. The first-order chi connectivity index (χ1) is 14.3. The molecule has 1 heterocycles. The molecule has 3 aromatic carbocycles. The summed E-state index contributed by atoms with van der Waals surface area (Å²) in [5.74, 6) is 0.414. The fourth-order valence-electron chi connectivity index (χ4n) is 2.99. The van der Waals surface area contributed by atoms with Crippen molar-refractivity contribution in [2.24, 2.45) is 0 Å². The first-order valence-electron chi connectivity index (χ1n) is 9.41. The molecule has 0 saturated carbocycles. The molecule has 0 spiro atoms. The summed E-state index contributed by atoms with van der Waals surface area (Å²) in [5, 5.41) is 2.97. The van der Waals surface area contributed by atoms with Crippen LogP contribution in [-0.2, 0) is 13.2 Å². The van der Waals surface area contributed by atoms with Gasteiger partial charge in [0.2, 0.25) is 0 Å². The number of rotatable bonds is 7. The molecule has 0 saturated heterocycles. The summed E-state index contributed by atoms with van der Waals surface area (Å²) in [5.41, 5.74) is 3.63. The molecular weight excluding hydrogens is 362 g/mol. The predicted molar refractivity (Wildman–Crippen MR) is 112 cm³/mol. The maximum absolute atomic E-state index is 12.7. The van der Waals surface area contributed by atoms with Gasteiger partial charge in [-0.2, -0.15) is 0 Å². The van der Waals surface area contributed by atoms with Gasteiger partial charge in [-0.15, -0.1) is 0 Å². The Hall–Kier alpha value is -3.86. The van der Waals surface area contributed by atoms with Crippen LogP contribution in [0.1, 0.15) is 21.5 Å². The summed E-state index contributed by atoms with van der Waals surface area (Å²) < 4.78 is 7.82. The number of carbonyl (C=O) groups excluding carboxylic acids is 1. The highest BCUT2D eigenvalue weighted by molar-refractivity contribution is 5.96. The highest BCUT2D eigenvalue weighted by atomic mass is 16.5. The van der Waals surface area contributed by atoms with Crippen LogP contribution >= 0.6 is 0 Å². The fraction of sp³-hybridized carbons (Fsp3) is 0.0833. The normalized spacial score (nSPS) is 10.5. The Morgan fingerprint density at radius 3 is 2.41 bits per heavy atom. The number of hydrogen-bond acceptors (Lipinski definition) is 3. The van der Waals surface area contributed by atoms with Crippen LogP contribution in [0, 0.1) is 0 Å². The van der Waals surface area contributed by atoms with Crippen LogP contribution in [0.4, 0.5) is 0 Å². The van der Waals surface area contributed by atoms with Gasteiger partial charge in [-0.25, -0.2) is 4.98 Å². The van der Waals surface area contributed by atoms with Gasteiger partial charge in [0.05, 0.1) is 11.9 Å². The van der Waals surface area contributed by atoms with Crippen LogP contribution in [0.25, 0.3) is 5.69 Å². The molecule has 29 heavy (non-hydrogen) atoms. The van der Waals surface area contributed by atoms with Crippen molar-refractivity contribution >= 4 is 5.91 Å². The molecule has 0 radical (unpaired) electrons. The van der Waals surface area contributed by atoms with Gasteiger partial charge in [-0.3, -0.25) is 4.79 Å². The summed E-state index contributed by atoms with van der Waals surface area (Å²) in [6.45, 7) is 0.858. The summed E-state index contributed by atoms with van der Waals surface area (Å²) >= 11 is 0. The Labute approximate surface area is 169 Å². The molecule has 0 unspecified atom stereocenters. The average Bonchev–Trinajstić information content (AvgIpc) is 3.32. The van der Waals surface area contributed by atoms with Gasteiger partial charge in [-0.05, 0) is 35.4 Å². The zero-order valence-electron chi connectivity index (χ0n) is 15.9. The lowest BCUT2D eigenvalue weighted by Crippen LogP contribution is -2.23. The van der Waals surface area contributed by atoms with E-state index < -0.39 is 0 Å². The molecule has 0 aliphatic carbocycles. The second kappa shape index (κ2) is 8.89. The van der Waals surface area contributed by atoms with Crippen LogP contribution in [-0.4, -0.2) is 15.5 Å². The largest absolute Gasteiger partial charge is 0.488 e.